The zero-order valence-electron chi connectivity index (χ0n) is 24.0. The van der Waals surface area contributed by atoms with Gasteiger partial charge in [0.15, 0.2) is 11.8 Å². The van der Waals surface area contributed by atoms with Gasteiger partial charge in [-0.3, -0.25) is 9.59 Å². The Labute approximate surface area is 241 Å². The predicted octanol–water partition coefficient (Wildman–Crippen LogP) is 4.40. The SMILES string of the molecule is CCOC(CN1C(=O)[C@@](NC(=O)Nc2ccc(C)cc2)(c2ccc(CC)cc2)c2c(CC(N)=O)cccc21)OCC. The van der Waals surface area contributed by atoms with Crippen LogP contribution < -0.4 is 21.3 Å². The monoisotopic (exact) mass is 558 g/mol. The van der Waals surface area contributed by atoms with Gasteiger partial charge < -0.3 is 30.7 Å². The Morgan fingerprint density at radius 2 is 1.61 bits per heavy atom. The number of urea groups is 1. The van der Waals surface area contributed by atoms with Crippen molar-refractivity contribution in [2.24, 2.45) is 5.73 Å². The Morgan fingerprint density at radius 1 is 0.951 bits per heavy atom. The molecule has 216 valence electrons. The molecule has 4 amide bonds. The topological polar surface area (TPSA) is 123 Å². The van der Waals surface area contributed by atoms with E-state index in [2.05, 4.69) is 10.6 Å². The number of fused-ring (bicyclic) bond motifs is 1. The van der Waals surface area contributed by atoms with Gasteiger partial charge in [-0.05, 0) is 62.1 Å². The largest absolute Gasteiger partial charge is 0.369 e. The first-order valence-electron chi connectivity index (χ1n) is 13.9. The lowest BCUT2D eigenvalue weighted by molar-refractivity contribution is -0.136. The smallest absolute Gasteiger partial charge is 0.320 e. The number of amides is 4. The van der Waals surface area contributed by atoms with E-state index in [9.17, 15) is 14.4 Å². The van der Waals surface area contributed by atoms with Crippen LogP contribution in [0.3, 0.4) is 0 Å². The van der Waals surface area contributed by atoms with Crippen LogP contribution in [0.4, 0.5) is 16.2 Å². The standard InChI is InChI=1S/C32H38N4O5/c1-5-22-13-15-24(16-14-22)32(35-31(39)34-25-17-11-21(4)12-18-25)29-23(19-27(33)37)9-8-10-26(29)36(30(32)38)20-28(40-6-2)41-7-3/h8-18,28H,5-7,19-20H2,1-4H3,(H2,33,37)(H2,34,35,39)/t32-/m1/s1. The number of rotatable bonds is 12. The van der Waals surface area contributed by atoms with Crippen molar-refractivity contribution in [3.63, 3.8) is 0 Å². The van der Waals surface area contributed by atoms with Gasteiger partial charge in [-0.15, -0.1) is 0 Å². The molecular weight excluding hydrogens is 520 g/mol. The molecule has 1 heterocycles. The lowest BCUT2D eigenvalue weighted by atomic mass is 9.80. The van der Waals surface area contributed by atoms with Crippen LogP contribution in [0.5, 0.6) is 0 Å². The molecule has 41 heavy (non-hydrogen) atoms. The molecule has 9 heteroatoms. The van der Waals surface area contributed by atoms with E-state index >= 15 is 0 Å². The fraction of sp³-hybridized carbons (Fsp3) is 0.344. The molecule has 0 saturated heterocycles. The van der Waals surface area contributed by atoms with E-state index < -0.39 is 29.7 Å². The van der Waals surface area contributed by atoms with E-state index in [-0.39, 0.29) is 13.0 Å². The average Bonchev–Trinajstić information content (AvgIpc) is 3.18. The van der Waals surface area contributed by atoms with Crippen LogP contribution in [0.2, 0.25) is 0 Å². The first-order chi connectivity index (χ1) is 19.7. The highest BCUT2D eigenvalue weighted by molar-refractivity contribution is 6.13. The number of hydrogen-bond donors (Lipinski definition) is 3. The van der Waals surface area contributed by atoms with Crippen molar-refractivity contribution in [3.05, 3.63) is 94.5 Å². The quantitative estimate of drug-likeness (QED) is 0.285. The maximum Gasteiger partial charge on any atom is 0.320 e. The molecule has 0 bridgehead atoms. The molecule has 1 aliphatic heterocycles. The molecular formula is C32H38N4O5. The van der Waals surface area contributed by atoms with Crippen molar-refractivity contribution < 1.29 is 23.9 Å². The van der Waals surface area contributed by atoms with Crippen LogP contribution in [-0.2, 0) is 37.4 Å². The molecule has 3 aromatic rings. The van der Waals surface area contributed by atoms with Gasteiger partial charge >= 0.3 is 6.03 Å². The van der Waals surface area contributed by atoms with E-state index in [1.165, 1.54) is 0 Å². The molecule has 0 aromatic heterocycles. The molecule has 0 radical (unpaired) electrons. The van der Waals surface area contributed by atoms with Gasteiger partial charge in [-0.25, -0.2) is 4.79 Å². The highest BCUT2D eigenvalue weighted by atomic mass is 16.7. The Bertz CT molecular complexity index is 1380. The number of benzene rings is 3. The van der Waals surface area contributed by atoms with Crippen LogP contribution in [0.25, 0.3) is 0 Å². The first-order valence-corrected chi connectivity index (χ1v) is 13.9. The van der Waals surface area contributed by atoms with Gasteiger partial charge in [0.1, 0.15) is 0 Å². The summed E-state index contributed by atoms with van der Waals surface area (Å²) in [5.74, 6) is -0.942. The molecule has 1 atom stereocenters. The fourth-order valence-electron chi connectivity index (χ4n) is 5.27. The molecule has 9 nitrogen and oxygen atoms in total. The first kappa shape index (κ1) is 29.8. The van der Waals surface area contributed by atoms with Gasteiger partial charge in [0.2, 0.25) is 5.91 Å². The number of nitrogens with two attached hydrogens (primary N) is 1. The van der Waals surface area contributed by atoms with E-state index in [1.807, 2.05) is 64.1 Å². The Morgan fingerprint density at radius 3 is 2.20 bits per heavy atom. The molecule has 0 fully saturated rings. The molecule has 0 spiro atoms. The number of nitrogens with one attached hydrogen (secondary N) is 2. The Hall–Kier alpha value is -4.21. The number of primary amides is 1. The van der Waals surface area contributed by atoms with Crippen LogP contribution in [-0.4, -0.2) is 43.9 Å². The summed E-state index contributed by atoms with van der Waals surface area (Å²) in [5.41, 5.74) is 8.86. The molecule has 1 aliphatic rings. The van der Waals surface area contributed by atoms with Crippen LogP contribution >= 0.6 is 0 Å². The number of hydrogen-bond acceptors (Lipinski definition) is 5. The molecule has 4 rings (SSSR count). The number of aryl methyl sites for hydroxylation is 2. The summed E-state index contributed by atoms with van der Waals surface area (Å²) < 4.78 is 11.6. The zero-order chi connectivity index (χ0) is 29.6. The van der Waals surface area contributed by atoms with Crippen molar-refractivity contribution in [2.45, 2.75) is 52.4 Å². The van der Waals surface area contributed by atoms with Gasteiger partial charge in [0.25, 0.3) is 5.91 Å². The van der Waals surface area contributed by atoms with Gasteiger partial charge in [0, 0.05) is 24.5 Å². The van der Waals surface area contributed by atoms with Gasteiger partial charge in [0.05, 0.1) is 18.7 Å². The van der Waals surface area contributed by atoms with E-state index in [0.717, 1.165) is 17.5 Å². The normalized spacial score (nSPS) is 16.1. The second-order valence-corrected chi connectivity index (χ2v) is 9.96. The van der Waals surface area contributed by atoms with Gasteiger partial charge in [-0.2, -0.15) is 0 Å². The van der Waals surface area contributed by atoms with E-state index in [0.29, 0.717) is 41.3 Å². The fourth-order valence-corrected chi connectivity index (χ4v) is 5.27. The van der Waals surface area contributed by atoms with Crippen molar-refractivity contribution in [3.8, 4) is 0 Å². The minimum atomic E-state index is -1.65. The summed E-state index contributed by atoms with van der Waals surface area (Å²) in [6.45, 7) is 8.58. The van der Waals surface area contributed by atoms with Crippen molar-refractivity contribution in [2.75, 3.05) is 30.0 Å². The third-order valence-electron chi connectivity index (χ3n) is 7.17. The predicted molar refractivity (Wildman–Crippen MR) is 159 cm³/mol. The van der Waals surface area contributed by atoms with Crippen molar-refractivity contribution in [1.82, 2.24) is 5.32 Å². The third kappa shape index (κ3) is 6.26. The number of ether oxygens (including phenoxy) is 2. The maximum absolute atomic E-state index is 14.7. The Kier molecular flexibility index (Phi) is 9.42. The maximum atomic E-state index is 14.7. The minimum absolute atomic E-state index is 0.0869. The van der Waals surface area contributed by atoms with Crippen molar-refractivity contribution in [1.29, 1.82) is 0 Å². The summed E-state index contributed by atoms with van der Waals surface area (Å²) in [4.78, 5) is 42.1. The van der Waals surface area contributed by atoms with Crippen LogP contribution in [0.1, 0.15) is 48.6 Å². The summed E-state index contributed by atoms with van der Waals surface area (Å²) >= 11 is 0. The molecule has 0 unspecified atom stereocenters. The van der Waals surface area contributed by atoms with Crippen molar-refractivity contribution >= 4 is 29.2 Å². The number of carbonyl (C=O) groups is 3. The van der Waals surface area contributed by atoms with E-state index in [1.54, 1.807) is 35.2 Å². The van der Waals surface area contributed by atoms with Crippen LogP contribution in [0, 0.1) is 6.92 Å². The second kappa shape index (κ2) is 13.0. The zero-order valence-corrected chi connectivity index (χ0v) is 24.0. The highest BCUT2D eigenvalue weighted by Crippen LogP contribution is 2.47. The minimum Gasteiger partial charge on any atom is -0.369 e. The molecule has 0 aliphatic carbocycles. The lowest BCUT2D eigenvalue weighted by Gasteiger charge is -2.32. The van der Waals surface area contributed by atoms with E-state index in [4.69, 9.17) is 15.2 Å². The Balaban J connectivity index is 1.89. The molecule has 0 saturated carbocycles. The lowest BCUT2D eigenvalue weighted by Crippen LogP contribution is -2.56. The van der Waals surface area contributed by atoms with Gasteiger partial charge in [-0.1, -0.05) is 61.0 Å². The number of nitrogens with zero attached hydrogens (tertiary/aromatic N) is 1. The average molecular weight is 559 g/mol. The number of carbonyl (C=O) groups excluding carboxylic acids is 3. The summed E-state index contributed by atoms with van der Waals surface area (Å²) in [5, 5.41) is 5.88. The third-order valence-corrected chi connectivity index (χ3v) is 7.17. The van der Waals surface area contributed by atoms with Crippen LogP contribution in [0.15, 0.2) is 66.7 Å². The number of anilines is 2. The summed E-state index contributed by atoms with van der Waals surface area (Å²) in [6.07, 6.45) is 0.00442. The molecule has 4 N–H and O–H groups in total. The highest BCUT2D eigenvalue weighted by Gasteiger charge is 2.55. The second-order valence-electron chi connectivity index (χ2n) is 9.96. The molecule has 3 aromatic carbocycles. The summed E-state index contributed by atoms with van der Waals surface area (Å²) in [7, 11) is 0. The summed E-state index contributed by atoms with van der Waals surface area (Å²) in [6, 6.07) is 19.7.